The Labute approximate surface area is 500 Å². The van der Waals surface area contributed by atoms with Crippen molar-refractivity contribution in [3.63, 3.8) is 0 Å². The van der Waals surface area contributed by atoms with E-state index in [1.165, 1.54) is 0 Å². The Morgan fingerprint density at radius 3 is 0.455 bits per heavy atom. The Hall–Kier alpha value is 15.5. The summed E-state index contributed by atoms with van der Waals surface area (Å²) in [5, 5.41) is 0. The first-order valence-electron chi connectivity index (χ1n) is 1.46. The van der Waals surface area contributed by atoms with Crippen molar-refractivity contribution in [2.75, 3.05) is 0 Å². The summed E-state index contributed by atoms with van der Waals surface area (Å²) in [6.45, 7) is 0. The molecule has 0 aliphatic heterocycles. The molecule has 22 heteroatoms. The van der Waals surface area contributed by atoms with Crippen LogP contribution in [0.4, 0.5) is 0 Å². The van der Waals surface area contributed by atoms with E-state index in [1.54, 1.807) is 0 Å². The fourth-order valence-corrected chi connectivity index (χ4v) is 0. The molecule has 0 fully saturated rings. The Balaban J connectivity index is -0.00000000314. The van der Waals surface area contributed by atoms with Crippen molar-refractivity contribution in [1.29, 1.82) is 0 Å². The van der Waals surface area contributed by atoms with Gasteiger partial charge in [-0.2, -0.15) is 15.6 Å². The van der Waals surface area contributed by atoms with Crippen molar-refractivity contribution in [3.05, 3.63) is 0 Å². The van der Waals surface area contributed by atoms with Gasteiger partial charge in [-0.1, -0.05) is 0 Å². The molecule has 0 amide bonds. The molecule has 0 bridgehead atoms. The zero-order valence-corrected chi connectivity index (χ0v) is 12.3. The Morgan fingerprint density at radius 1 is 0.455 bits per heavy atom. The summed E-state index contributed by atoms with van der Waals surface area (Å²) in [7, 11) is -10.8. The molecule has 0 saturated heterocycles. The predicted octanol–water partition coefficient (Wildman–Crippen LogP) is -15.0. The van der Waals surface area contributed by atoms with Crippen LogP contribution >= 0.6 is 15.6 Å². The topological polar surface area (TPSA) is 172 Å². The summed E-state index contributed by atoms with van der Waals surface area (Å²) in [4.78, 5) is 51.3. The monoisotopic (exact) mass is 1080 g/mol. The SMILES string of the molecule is O=P([O-])([O-])[O-].O=P([O-])([O-])[O-].[BaH2].[BaH2].[BaH2].[CaH2].[CaH2].[CaH2].[Mg+2].[Mg+2].[Mg+2].[SrH2].[SrH2].[SrH2]. The van der Waals surface area contributed by atoms with Gasteiger partial charge in [0.15, 0.2) is 0 Å². The standard InChI is InChI=1S/3Ba.3Ca.3Mg.2H3O4P.3Sr.18H/c;;;;;;;;;2*1-5(2,3)4;;;;;;;;;;;;;;;;;;;;;/h;;;;;;;;;2*(H3,1,2,3,4);;;;;;;;;;;;;;;;;;;;;/q;;;;;;3*+2;;;;;;;;;;;;;;;;;;;;;;;/p-6. The van der Waals surface area contributed by atoms with Crippen LogP contribution in [0.2, 0.25) is 0 Å². The molecular weight excluding hydrogens is 1060 g/mol. The molecule has 0 heterocycles. The van der Waals surface area contributed by atoms with Gasteiger partial charge in [0.05, 0.1) is 0 Å². The van der Waals surface area contributed by atoms with Crippen LogP contribution in [-0.4, -0.2) is 465 Å². The average Bonchev–Trinajstić information content (AvgIpc) is 1.12. The van der Waals surface area contributed by atoms with Gasteiger partial charge >= 0.3 is 465 Å². The molecule has 0 aromatic carbocycles. The van der Waals surface area contributed by atoms with Crippen LogP contribution in [0.1, 0.15) is 0 Å². The van der Waals surface area contributed by atoms with Crippen LogP contribution < -0.4 is 29.4 Å². The van der Waals surface area contributed by atoms with Gasteiger partial charge in [0.2, 0.25) is 0 Å². The zero-order valence-electron chi connectivity index (χ0n) is 6.28. The summed E-state index contributed by atoms with van der Waals surface area (Å²) in [5.41, 5.74) is 0. The van der Waals surface area contributed by atoms with E-state index in [1.807, 2.05) is 0 Å². The second kappa shape index (κ2) is 60.8. The number of hydrogen-bond acceptors (Lipinski definition) is 8. The number of hydrogen-bond donors (Lipinski definition) is 0. The predicted molar refractivity (Wildman–Crippen MR) is 109 cm³/mol. The van der Waals surface area contributed by atoms with E-state index in [0.29, 0.717) is 0 Å². The molecule has 22 heavy (non-hydrogen) atoms. The van der Waals surface area contributed by atoms with Gasteiger partial charge in [-0.25, -0.2) is 0 Å². The van der Waals surface area contributed by atoms with E-state index in [9.17, 15) is 0 Å². The van der Waals surface area contributed by atoms with Crippen LogP contribution in [0.25, 0.3) is 0 Å². The van der Waals surface area contributed by atoms with Crippen molar-refractivity contribution in [3.8, 4) is 0 Å². The minimum atomic E-state index is -5.39. The van der Waals surface area contributed by atoms with E-state index >= 15 is 0 Å². The Morgan fingerprint density at radius 2 is 0.455 bits per heavy atom. The molecule has 0 saturated carbocycles. The first-order chi connectivity index (χ1) is 4.00. The van der Waals surface area contributed by atoms with Crippen molar-refractivity contribution >= 4 is 481 Å². The number of rotatable bonds is 0. The van der Waals surface area contributed by atoms with Gasteiger partial charge in [-0.3, -0.25) is 0 Å². The molecule has 0 radical (unpaired) electrons. The molecule has 0 atom stereocenters. The quantitative estimate of drug-likeness (QED) is 0.170. The fourth-order valence-electron chi connectivity index (χ4n) is 0. The molecule has 0 aromatic heterocycles. The first kappa shape index (κ1) is 90.5. The molecule has 0 aliphatic rings. The summed E-state index contributed by atoms with van der Waals surface area (Å²) < 4.78 is 17.1. The van der Waals surface area contributed by atoms with Gasteiger partial charge in [0.25, 0.3) is 0 Å². The fraction of sp³-hybridized carbons (Fsp3) is 0. The van der Waals surface area contributed by atoms with E-state index in [0.717, 1.165) is 0 Å². The molecule has 100 valence electrons. The summed E-state index contributed by atoms with van der Waals surface area (Å²) in [6, 6.07) is 0. The summed E-state index contributed by atoms with van der Waals surface area (Å²) in [5.74, 6) is 0. The molecule has 8 nitrogen and oxygen atoms in total. The van der Waals surface area contributed by atoms with Crippen LogP contribution in [-0.2, 0) is 9.13 Å². The van der Waals surface area contributed by atoms with Crippen LogP contribution in [0.5, 0.6) is 0 Å². The van der Waals surface area contributed by atoms with Crippen LogP contribution in [0.15, 0.2) is 0 Å². The van der Waals surface area contributed by atoms with E-state index in [2.05, 4.69) is 0 Å². The van der Waals surface area contributed by atoms with Crippen LogP contribution in [0.3, 0.4) is 0 Å². The minimum absolute atomic E-state index is 0. The second-order valence-corrected chi connectivity index (χ2v) is 2.68. The molecule has 0 N–H and O–H groups in total. The molecule has 0 spiro atoms. The van der Waals surface area contributed by atoms with Crippen molar-refractivity contribution in [2.24, 2.45) is 0 Å². The molecule has 0 rings (SSSR count). The van der Waals surface area contributed by atoms with Gasteiger partial charge in [0, 0.05) is 0 Å². The van der Waals surface area contributed by atoms with E-state index < -0.39 is 15.6 Å². The summed E-state index contributed by atoms with van der Waals surface area (Å²) >= 11 is 0. The van der Waals surface area contributed by atoms with Gasteiger partial charge in [0.1, 0.15) is 0 Å². The maximum absolute atomic E-state index is 8.55. The molecule has 0 unspecified atom stereocenters. The third kappa shape index (κ3) is 176. The molecule has 0 aliphatic carbocycles. The normalized spacial score (nSPS) is 5.36. The maximum atomic E-state index is 8.55. The van der Waals surface area contributed by atoms with E-state index in [-0.39, 0.29) is 465 Å². The Kier molecular flexibility index (Phi) is 250. The van der Waals surface area contributed by atoms with E-state index in [4.69, 9.17) is 38.5 Å². The number of phosphoric acid groups is 2. The first-order valence-corrected chi connectivity index (χ1v) is 4.38. The third-order valence-electron chi connectivity index (χ3n) is 0. The van der Waals surface area contributed by atoms with Crippen molar-refractivity contribution in [2.45, 2.75) is 0 Å². The molecule has 0 aromatic rings. The van der Waals surface area contributed by atoms with Crippen molar-refractivity contribution < 1.29 is 38.5 Å². The summed E-state index contributed by atoms with van der Waals surface area (Å²) in [6.07, 6.45) is 0. The third-order valence-corrected chi connectivity index (χ3v) is 0. The zero-order chi connectivity index (χ0) is 9.00. The van der Waals surface area contributed by atoms with Crippen LogP contribution in [0, 0.1) is 0 Å². The van der Waals surface area contributed by atoms with Crippen molar-refractivity contribution in [1.82, 2.24) is 0 Å². The average molecular weight is 1080 g/mol. The second-order valence-electron chi connectivity index (χ2n) is 0.894. The Bertz CT molecular complexity index is 165. The van der Waals surface area contributed by atoms with Gasteiger partial charge in [-0.15, -0.1) is 0 Å². The van der Waals surface area contributed by atoms with Gasteiger partial charge < -0.3 is 38.5 Å². The molecular formula is H18Ba3Ca3Mg3O8P2Sr3. The van der Waals surface area contributed by atoms with Gasteiger partial charge in [-0.05, 0) is 0 Å².